The molecule has 0 bridgehead atoms. The fourth-order valence-electron chi connectivity index (χ4n) is 2.97. The lowest BCUT2D eigenvalue weighted by Gasteiger charge is -2.37. The molecule has 0 spiro atoms. The highest BCUT2D eigenvalue weighted by molar-refractivity contribution is 5.85. The second-order valence-corrected chi connectivity index (χ2v) is 5.63. The minimum absolute atomic E-state index is 0.139. The van der Waals surface area contributed by atoms with E-state index in [0.717, 1.165) is 25.7 Å². The van der Waals surface area contributed by atoms with Gasteiger partial charge in [0.15, 0.2) is 0 Å². The topological polar surface area (TPSA) is 51.2 Å². The SMILES string of the molecule is CCC(=O)C1CCC(CCC(C)=O)(C(C)=O)CC1. The fourth-order valence-corrected chi connectivity index (χ4v) is 2.97. The first-order valence-electron chi connectivity index (χ1n) is 6.94. The van der Waals surface area contributed by atoms with Gasteiger partial charge in [-0.15, -0.1) is 0 Å². The van der Waals surface area contributed by atoms with E-state index in [0.29, 0.717) is 25.0 Å². The Morgan fingerprint density at radius 1 is 1.11 bits per heavy atom. The number of carbonyl (C=O) groups is 3. The molecule has 0 aromatic carbocycles. The summed E-state index contributed by atoms with van der Waals surface area (Å²) in [6, 6.07) is 0. The summed E-state index contributed by atoms with van der Waals surface area (Å²) in [4.78, 5) is 34.7. The molecule has 1 aliphatic rings. The van der Waals surface area contributed by atoms with Crippen LogP contribution in [0, 0.1) is 11.3 Å². The van der Waals surface area contributed by atoms with Crippen LogP contribution < -0.4 is 0 Å². The molecule has 0 saturated heterocycles. The predicted octanol–water partition coefficient (Wildman–Crippen LogP) is 3.10. The Hall–Kier alpha value is -0.990. The molecule has 0 aliphatic heterocycles. The van der Waals surface area contributed by atoms with E-state index >= 15 is 0 Å². The van der Waals surface area contributed by atoms with Gasteiger partial charge in [0.2, 0.25) is 0 Å². The van der Waals surface area contributed by atoms with Crippen LogP contribution in [0.1, 0.15) is 65.7 Å². The summed E-state index contributed by atoms with van der Waals surface area (Å²) in [5, 5.41) is 0. The molecular formula is C15H24O3. The van der Waals surface area contributed by atoms with E-state index in [1.54, 1.807) is 13.8 Å². The largest absolute Gasteiger partial charge is 0.300 e. The molecule has 0 unspecified atom stereocenters. The zero-order valence-corrected chi connectivity index (χ0v) is 11.8. The molecule has 1 rings (SSSR count). The van der Waals surface area contributed by atoms with Crippen molar-refractivity contribution in [2.45, 2.75) is 65.7 Å². The maximum Gasteiger partial charge on any atom is 0.135 e. The van der Waals surface area contributed by atoms with Crippen molar-refractivity contribution in [3.8, 4) is 0 Å². The van der Waals surface area contributed by atoms with E-state index < -0.39 is 0 Å². The lowest BCUT2D eigenvalue weighted by Crippen LogP contribution is -2.36. The van der Waals surface area contributed by atoms with Crippen LogP contribution in [-0.2, 0) is 14.4 Å². The van der Waals surface area contributed by atoms with Crippen molar-refractivity contribution >= 4 is 17.3 Å². The van der Waals surface area contributed by atoms with Crippen molar-refractivity contribution in [1.82, 2.24) is 0 Å². The molecular weight excluding hydrogens is 228 g/mol. The van der Waals surface area contributed by atoms with Crippen molar-refractivity contribution in [3.63, 3.8) is 0 Å². The average Bonchev–Trinajstić information content (AvgIpc) is 2.35. The fraction of sp³-hybridized carbons (Fsp3) is 0.800. The molecule has 0 atom stereocenters. The molecule has 3 nitrogen and oxygen atoms in total. The molecule has 0 radical (unpaired) electrons. The number of Topliss-reactive ketones (excluding diaryl/α,β-unsaturated/α-hetero) is 3. The van der Waals surface area contributed by atoms with E-state index in [4.69, 9.17) is 0 Å². The van der Waals surface area contributed by atoms with E-state index in [-0.39, 0.29) is 22.9 Å². The minimum atomic E-state index is -0.337. The maximum absolute atomic E-state index is 11.9. The second-order valence-electron chi connectivity index (χ2n) is 5.63. The number of hydrogen-bond acceptors (Lipinski definition) is 3. The minimum Gasteiger partial charge on any atom is -0.300 e. The zero-order valence-electron chi connectivity index (χ0n) is 11.8. The quantitative estimate of drug-likeness (QED) is 0.730. The van der Waals surface area contributed by atoms with E-state index in [1.165, 1.54) is 0 Å². The van der Waals surface area contributed by atoms with Gasteiger partial charge in [-0.3, -0.25) is 9.59 Å². The van der Waals surface area contributed by atoms with Crippen LogP contribution in [0.15, 0.2) is 0 Å². The Kier molecular flexibility index (Phi) is 5.24. The number of hydrogen-bond donors (Lipinski definition) is 0. The highest BCUT2D eigenvalue weighted by atomic mass is 16.1. The summed E-state index contributed by atoms with van der Waals surface area (Å²) in [5.41, 5.74) is -0.337. The van der Waals surface area contributed by atoms with Crippen LogP contribution >= 0.6 is 0 Å². The van der Waals surface area contributed by atoms with Gasteiger partial charge in [0, 0.05) is 24.2 Å². The van der Waals surface area contributed by atoms with Crippen LogP contribution in [0.5, 0.6) is 0 Å². The van der Waals surface area contributed by atoms with Gasteiger partial charge < -0.3 is 4.79 Å². The molecule has 0 amide bonds. The van der Waals surface area contributed by atoms with Crippen LogP contribution in [0.25, 0.3) is 0 Å². The average molecular weight is 252 g/mol. The third-order valence-corrected chi connectivity index (χ3v) is 4.45. The first-order valence-corrected chi connectivity index (χ1v) is 6.94. The second kappa shape index (κ2) is 6.26. The number of ketones is 3. The zero-order chi connectivity index (χ0) is 13.8. The van der Waals surface area contributed by atoms with Crippen molar-refractivity contribution in [2.75, 3.05) is 0 Å². The summed E-state index contributed by atoms with van der Waals surface area (Å²) < 4.78 is 0. The smallest absolute Gasteiger partial charge is 0.135 e. The molecule has 3 heteroatoms. The van der Waals surface area contributed by atoms with Gasteiger partial charge in [0.25, 0.3) is 0 Å². The Balaban J connectivity index is 2.65. The van der Waals surface area contributed by atoms with Gasteiger partial charge in [0.05, 0.1) is 0 Å². The Labute approximate surface area is 109 Å². The molecule has 1 aliphatic carbocycles. The van der Waals surface area contributed by atoms with E-state index in [2.05, 4.69) is 0 Å². The molecule has 1 fully saturated rings. The van der Waals surface area contributed by atoms with E-state index in [9.17, 15) is 14.4 Å². The number of rotatable bonds is 6. The molecule has 18 heavy (non-hydrogen) atoms. The first kappa shape index (κ1) is 15.1. The molecule has 0 aromatic heterocycles. The number of carbonyl (C=O) groups excluding carboxylic acids is 3. The van der Waals surface area contributed by atoms with Crippen molar-refractivity contribution in [1.29, 1.82) is 0 Å². The maximum atomic E-state index is 11.9. The predicted molar refractivity (Wildman–Crippen MR) is 70.3 cm³/mol. The third-order valence-electron chi connectivity index (χ3n) is 4.45. The van der Waals surface area contributed by atoms with Crippen LogP contribution in [0.3, 0.4) is 0 Å². The van der Waals surface area contributed by atoms with Gasteiger partial charge in [-0.2, -0.15) is 0 Å². The highest BCUT2D eigenvalue weighted by Crippen LogP contribution is 2.43. The summed E-state index contributed by atoms with van der Waals surface area (Å²) in [6.07, 6.45) is 4.88. The van der Waals surface area contributed by atoms with E-state index in [1.807, 2.05) is 6.92 Å². The van der Waals surface area contributed by atoms with Gasteiger partial charge in [-0.25, -0.2) is 0 Å². The molecule has 0 aromatic rings. The normalized spacial score (nSPS) is 27.8. The summed E-state index contributed by atoms with van der Waals surface area (Å²) in [6.45, 7) is 5.09. The molecule has 1 saturated carbocycles. The van der Waals surface area contributed by atoms with Crippen molar-refractivity contribution in [3.05, 3.63) is 0 Å². The van der Waals surface area contributed by atoms with Gasteiger partial charge in [0.1, 0.15) is 17.3 Å². The van der Waals surface area contributed by atoms with Crippen molar-refractivity contribution in [2.24, 2.45) is 11.3 Å². The monoisotopic (exact) mass is 252 g/mol. The Morgan fingerprint density at radius 3 is 2.06 bits per heavy atom. The summed E-state index contributed by atoms with van der Waals surface area (Å²) in [5.74, 6) is 0.784. The van der Waals surface area contributed by atoms with Gasteiger partial charge in [-0.1, -0.05) is 6.92 Å². The van der Waals surface area contributed by atoms with Gasteiger partial charge >= 0.3 is 0 Å². The molecule has 102 valence electrons. The standard InChI is InChI=1S/C15H24O3/c1-4-14(18)13-6-9-15(10-7-13,12(3)17)8-5-11(2)16/h13H,4-10H2,1-3H3. The molecule has 0 N–H and O–H groups in total. The molecule has 0 heterocycles. The van der Waals surface area contributed by atoms with Crippen LogP contribution in [-0.4, -0.2) is 17.3 Å². The lowest BCUT2D eigenvalue weighted by atomic mass is 9.65. The Morgan fingerprint density at radius 2 is 1.67 bits per heavy atom. The first-order chi connectivity index (χ1) is 8.41. The highest BCUT2D eigenvalue weighted by Gasteiger charge is 2.40. The third kappa shape index (κ3) is 3.50. The van der Waals surface area contributed by atoms with Crippen LogP contribution in [0.2, 0.25) is 0 Å². The van der Waals surface area contributed by atoms with Crippen molar-refractivity contribution < 1.29 is 14.4 Å². The summed E-state index contributed by atoms with van der Waals surface area (Å²) >= 11 is 0. The van der Waals surface area contributed by atoms with Gasteiger partial charge in [-0.05, 0) is 46.0 Å². The Bertz CT molecular complexity index is 336. The lowest BCUT2D eigenvalue weighted by molar-refractivity contribution is -0.133. The summed E-state index contributed by atoms with van der Waals surface area (Å²) in [7, 11) is 0. The van der Waals surface area contributed by atoms with Crippen LogP contribution in [0.4, 0.5) is 0 Å².